The van der Waals surface area contributed by atoms with Crippen LogP contribution in [0, 0.1) is 0 Å². The minimum Gasteiger partial charge on any atom is -0.399 e. The third-order valence-electron chi connectivity index (χ3n) is 4.14. The first-order valence-electron chi connectivity index (χ1n) is 7.39. The average molecular weight is 300 g/mol. The first kappa shape index (κ1) is 14.1. The Balaban J connectivity index is 1.77. The van der Waals surface area contributed by atoms with E-state index < -0.39 is 0 Å². The number of carbonyl (C=O) groups excluding carboxylic acids is 1. The summed E-state index contributed by atoms with van der Waals surface area (Å²) in [6.45, 7) is 2.99. The zero-order valence-corrected chi connectivity index (χ0v) is 13.0. The lowest BCUT2D eigenvalue weighted by Crippen LogP contribution is -2.40. The van der Waals surface area contributed by atoms with Crippen molar-refractivity contribution in [2.45, 2.75) is 32.2 Å². The number of fused-ring (bicyclic) bond motifs is 1. The average Bonchev–Trinajstić information content (AvgIpc) is 2.97. The van der Waals surface area contributed by atoms with Crippen molar-refractivity contribution in [3.8, 4) is 0 Å². The van der Waals surface area contributed by atoms with E-state index in [0.717, 1.165) is 30.6 Å². The highest BCUT2D eigenvalue weighted by Gasteiger charge is 2.29. The summed E-state index contributed by atoms with van der Waals surface area (Å²) in [6.07, 6.45) is 2.41. The van der Waals surface area contributed by atoms with Crippen LogP contribution < -0.4 is 5.73 Å². The standard InChI is InChI=1S/C17H20N2OS/c1-2-15-14-8-10-21-16(14)7-9-19(15)17(20)11-12-3-5-13(18)6-4-12/h3-6,8,10,15H,2,7,9,11,18H2,1H3. The molecule has 3 nitrogen and oxygen atoms in total. The van der Waals surface area contributed by atoms with Crippen LogP contribution >= 0.6 is 11.3 Å². The molecule has 1 unspecified atom stereocenters. The van der Waals surface area contributed by atoms with Crippen molar-refractivity contribution in [1.29, 1.82) is 0 Å². The third-order valence-corrected chi connectivity index (χ3v) is 5.13. The summed E-state index contributed by atoms with van der Waals surface area (Å²) in [5, 5.41) is 2.14. The number of carbonyl (C=O) groups is 1. The molecule has 0 fully saturated rings. The van der Waals surface area contributed by atoms with Crippen LogP contribution in [0.5, 0.6) is 0 Å². The monoisotopic (exact) mass is 300 g/mol. The molecule has 0 bridgehead atoms. The SMILES string of the molecule is CCC1c2ccsc2CCN1C(=O)Cc1ccc(N)cc1. The molecule has 1 aromatic carbocycles. The highest BCUT2D eigenvalue weighted by Crippen LogP contribution is 2.35. The molecule has 1 amide bonds. The molecule has 21 heavy (non-hydrogen) atoms. The lowest BCUT2D eigenvalue weighted by Gasteiger charge is -2.35. The number of rotatable bonds is 3. The Morgan fingerprint density at radius 2 is 2.10 bits per heavy atom. The minimum atomic E-state index is 0.212. The summed E-state index contributed by atoms with van der Waals surface area (Å²) in [5.74, 6) is 0.212. The lowest BCUT2D eigenvalue weighted by molar-refractivity contribution is -0.133. The molecule has 0 radical (unpaired) electrons. The van der Waals surface area contributed by atoms with Gasteiger partial charge in [0.05, 0.1) is 12.5 Å². The molecular weight excluding hydrogens is 280 g/mol. The van der Waals surface area contributed by atoms with Gasteiger partial charge < -0.3 is 10.6 Å². The first-order valence-corrected chi connectivity index (χ1v) is 8.27. The summed E-state index contributed by atoms with van der Waals surface area (Å²) in [4.78, 5) is 16.1. The fraction of sp³-hybridized carbons (Fsp3) is 0.353. The van der Waals surface area contributed by atoms with E-state index in [1.807, 2.05) is 40.5 Å². The third kappa shape index (κ3) is 2.81. The molecule has 110 valence electrons. The van der Waals surface area contributed by atoms with Gasteiger partial charge in [0.15, 0.2) is 0 Å². The Bertz CT molecular complexity index is 632. The molecule has 1 aliphatic rings. The van der Waals surface area contributed by atoms with Crippen LogP contribution in [0.2, 0.25) is 0 Å². The first-order chi connectivity index (χ1) is 10.2. The van der Waals surface area contributed by atoms with E-state index in [1.54, 1.807) is 0 Å². The van der Waals surface area contributed by atoms with Gasteiger partial charge in [-0.1, -0.05) is 19.1 Å². The zero-order valence-electron chi connectivity index (χ0n) is 12.2. The second-order valence-electron chi connectivity index (χ2n) is 5.48. The van der Waals surface area contributed by atoms with Crippen LogP contribution in [0.3, 0.4) is 0 Å². The molecular formula is C17H20N2OS. The van der Waals surface area contributed by atoms with E-state index in [-0.39, 0.29) is 11.9 Å². The summed E-state index contributed by atoms with van der Waals surface area (Å²) in [7, 11) is 0. The number of benzene rings is 1. The number of hydrogen-bond acceptors (Lipinski definition) is 3. The number of nitrogens with two attached hydrogens (primary N) is 1. The zero-order chi connectivity index (χ0) is 14.8. The molecule has 4 heteroatoms. The van der Waals surface area contributed by atoms with Gasteiger partial charge in [0.1, 0.15) is 0 Å². The van der Waals surface area contributed by atoms with E-state index in [2.05, 4.69) is 18.4 Å². The maximum atomic E-state index is 12.7. The molecule has 0 aliphatic carbocycles. The molecule has 1 atom stereocenters. The van der Waals surface area contributed by atoms with Crippen molar-refractivity contribution in [2.24, 2.45) is 0 Å². The summed E-state index contributed by atoms with van der Waals surface area (Å²) in [5.41, 5.74) is 8.80. The summed E-state index contributed by atoms with van der Waals surface area (Å²) >= 11 is 1.81. The quantitative estimate of drug-likeness (QED) is 0.883. The van der Waals surface area contributed by atoms with E-state index in [1.165, 1.54) is 10.4 Å². The normalized spacial score (nSPS) is 17.6. The lowest BCUT2D eigenvalue weighted by atomic mass is 9.97. The van der Waals surface area contributed by atoms with Crippen molar-refractivity contribution >= 4 is 22.9 Å². The summed E-state index contributed by atoms with van der Waals surface area (Å²) < 4.78 is 0. The van der Waals surface area contributed by atoms with Crippen LogP contribution in [0.1, 0.15) is 35.4 Å². The molecule has 2 heterocycles. The Kier molecular flexibility index (Phi) is 3.97. The Hall–Kier alpha value is -1.81. The minimum absolute atomic E-state index is 0.212. The van der Waals surface area contributed by atoms with Crippen molar-refractivity contribution in [3.05, 3.63) is 51.7 Å². The van der Waals surface area contributed by atoms with Crippen molar-refractivity contribution < 1.29 is 4.79 Å². The van der Waals surface area contributed by atoms with Gasteiger partial charge >= 0.3 is 0 Å². The molecule has 0 saturated heterocycles. The second kappa shape index (κ2) is 5.90. The smallest absolute Gasteiger partial charge is 0.227 e. The predicted octanol–water partition coefficient (Wildman–Crippen LogP) is 3.41. The van der Waals surface area contributed by atoms with Crippen LogP contribution in [0.15, 0.2) is 35.7 Å². The molecule has 2 N–H and O–H groups in total. The van der Waals surface area contributed by atoms with Crippen LogP contribution in [-0.2, 0) is 17.6 Å². The topological polar surface area (TPSA) is 46.3 Å². The Morgan fingerprint density at radius 1 is 1.33 bits per heavy atom. The van der Waals surface area contributed by atoms with Crippen molar-refractivity contribution in [3.63, 3.8) is 0 Å². The van der Waals surface area contributed by atoms with Crippen LogP contribution in [0.4, 0.5) is 5.69 Å². The number of hydrogen-bond donors (Lipinski definition) is 1. The second-order valence-corrected chi connectivity index (χ2v) is 6.48. The van der Waals surface area contributed by atoms with Gasteiger partial charge in [-0.05, 0) is 47.5 Å². The number of thiophene rings is 1. The number of anilines is 1. The molecule has 3 rings (SSSR count). The maximum Gasteiger partial charge on any atom is 0.227 e. The predicted molar refractivity (Wildman–Crippen MR) is 87.3 cm³/mol. The van der Waals surface area contributed by atoms with E-state index in [4.69, 9.17) is 5.73 Å². The fourth-order valence-electron chi connectivity index (χ4n) is 3.05. The summed E-state index contributed by atoms with van der Waals surface area (Å²) in [6, 6.07) is 10.0. The molecule has 0 spiro atoms. The van der Waals surface area contributed by atoms with Gasteiger partial charge in [0.25, 0.3) is 0 Å². The highest BCUT2D eigenvalue weighted by molar-refractivity contribution is 7.10. The van der Waals surface area contributed by atoms with E-state index in [0.29, 0.717) is 6.42 Å². The van der Waals surface area contributed by atoms with Crippen LogP contribution in [0.25, 0.3) is 0 Å². The molecule has 1 aliphatic heterocycles. The molecule has 0 saturated carbocycles. The number of nitrogens with zero attached hydrogens (tertiary/aromatic N) is 1. The van der Waals surface area contributed by atoms with Crippen LogP contribution in [-0.4, -0.2) is 17.4 Å². The van der Waals surface area contributed by atoms with Gasteiger partial charge in [0, 0.05) is 17.1 Å². The molecule has 2 aromatic rings. The van der Waals surface area contributed by atoms with Gasteiger partial charge in [-0.2, -0.15) is 0 Å². The van der Waals surface area contributed by atoms with Gasteiger partial charge in [-0.3, -0.25) is 4.79 Å². The highest BCUT2D eigenvalue weighted by atomic mass is 32.1. The van der Waals surface area contributed by atoms with Gasteiger partial charge in [-0.15, -0.1) is 11.3 Å². The Labute approximate surface area is 129 Å². The number of amides is 1. The maximum absolute atomic E-state index is 12.7. The van der Waals surface area contributed by atoms with Crippen molar-refractivity contribution in [1.82, 2.24) is 4.90 Å². The van der Waals surface area contributed by atoms with Gasteiger partial charge in [0.2, 0.25) is 5.91 Å². The Morgan fingerprint density at radius 3 is 2.81 bits per heavy atom. The molecule has 1 aromatic heterocycles. The fourth-order valence-corrected chi connectivity index (χ4v) is 3.98. The van der Waals surface area contributed by atoms with Crippen molar-refractivity contribution in [2.75, 3.05) is 12.3 Å². The van der Waals surface area contributed by atoms with E-state index in [9.17, 15) is 4.79 Å². The number of nitrogen functional groups attached to an aromatic ring is 1. The van der Waals surface area contributed by atoms with Gasteiger partial charge in [-0.25, -0.2) is 0 Å². The van der Waals surface area contributed by atoms with E-state index >= 15 is 0 Å². The largest absolute Gasteiger partial charge is 0.399 e.